The summed E-state index contributed by atoms with van der Waals surface area (Å²) in [5, 5.41) is 3.63. The molecule has 1 fully saturated rings. The number of ether oxygens (including phenoxy) is 2. The number of anilines is 2. The Balaban J connectivity index is 1.58. The van der Waals surface area contributed by atoms with E-state index in [-0.39, 0.29) is 5.41 Å². The van der Waals surface area contributed by atoms with Gasteiger partial charge < -0.3 is 20.5 Å². The number of halogens is 1. The van der Waals surface area contributed by atoms with Crippen LogP contribution in [0.15, 0.2) is 46.9 Å². The van der Waals surface area contributed by atoms with Crippen LogP contribution < -0.4 is 11.1 Å². The maximum absolute atomic E-state index is 6.20. The molecule has 1 aliphatic rings. The standard InChI is InChI=1S/C22H29BrN2O2/c1-17-19(23)7-8-20(24)21(17)25-16-22(9-12-26-13-10-22)11-14-27-15-18-5-3-2-4-6-18/h2-8,25H,9-16,24H2,1H3. The van der Waals surface area contributed by atoms with Gasteiger partial charge >= 0.3 is 0 Å². The summed E-state index contributed by atoms with van der Waals surface area (Å²) in [5.41, 5.74) is 10.6. The van der Waals surface area contributed by atoms with Gasteiger partial charge in [0.05, 0.1) is 18.0 Å². The van der Waals surface area contributed by atoms with Crippen LogP contribution in [0.3, 0.4) is 0 Å². The SMILES string of the molecule is Cc1c(Br)ccc(N)c1NCC1(CCOCc2ccccc2)CCOCC1. The number of nitrogens with one attached hydrogen (secondary N) is 1. The fraction of sp³-hybridized carbons (Fsp3) is 0.455. The maximum atomic E-state index is 6.20. The molecule has 1 saturated heterocycles. The van der Waals surface area contributed by atoms with Crippen molar-refractivity contribution in [2.24, 2.45) is 5.41 Å². The molecule has 0 amide bonds. The first-order valence-electron chi connectivity index (χ1n) is 9.58. The Hall–Kier alpha value is -1.56. The Bertz CT molecular complexity index is 731. The molecule has 4 nitrogen and oxygen atoms in total. The van der Waals surface area contributed by atoms with Crippen molar-refractivity contribution in [1.82, 2.24) is 0 Å². The van der Waals surface area contributed by atoms with Gasteiger partial charge in [-0.3, -0.25) is 0 Å². The lowest BCUT2D eigenvalue weighted by Crippen LogP contribution is -2.37. The van der Waals surface area contributed by atoms with E-state index < -0.39 is 0 Å². The van der Waals surface area contributed by atoms with E-state index in [0.29, 0.717) is 6.61 Å². The zero-order chi connectivity index (χ0) is 19.1. The normalized spacial score (nSPS) is 16.2. The van der Waals surface area contributed by atoms with E-state index in [1.165, 1.54) is 5.56 Å². The first-order valence-corrected chi connectivity index (χ1v) is 10.4. The molecule has 0 bridgehead atoms. The molecule has 27 heavy (non-hydrogen) atoms. The van der Waals surface area contributed by atoms with Gasteiger partial charge in [-0.25, -0.2) is 0 Å². The van der Waals surface area contributed by atoms with Crippen molar-refractivity contribution in [1.29, 1.82) is 0 Å². The lowest BCUT2D eigenvalue weighted by Gasteiger charge is -2.38. The van der Waals surface area contributed by atoms with E-state index in [9.17, 15) is 0 Å². The van der Waals surface area contributed by atoms with Crippen LogP contribution in [0, 0.1) is 12.3 Å². The van der Waals surface area contributed by atoms with Crippen molar-refractivity contribution in [2.45, 2.75) is 32.8 Å². The number of hydrogen-bond donors (Lipinski definition) is 2. The number of hydrogen-bond acceptors (Lipinski definition) is 4. The third-order valence-electron chi connectivity index (χ3n) is 5.51. The molecule has 1 heterocycles. The summed E-state index contributed by atoms with van der Waals surface area (Å²) >= 11 is 3.60. The minimum atomic E-state index is 0.177. The lowest BCUT2D eigenvalue weighted by atomic mass is 9.77. The number of nitrogens with two attached hydrogens (primary N) is 1. The Labute approximate surface area is 170 Å². The van der Waals surface area contributed by atoms with Crippen LogP contribution in [0.2, 0.25) is 0 Å². The monoisotopic (exact) mass is 432 g/mol. The average Bonchev–Trinajstić information content (AvgIpc) is 2.70. The van der Waals surface area contributed by atoms with Crippen molar-refractivity contribution in [3.63, 3.8) is 0 Å². The molecule has 1 aliphatic heterocycles. The van der Waals surface area contributed by atoms with E-state index in [2.05, 4.69) is 40.3 Å². The minimum absolute atomic E-state index is 0.177. The molecule has 0 saturated carbocycles. The highest BCUT2D eigenvalue weighted by Gasteiger charge is 2.32. The van der Waals surface area contributed by atoms with Gasteiger partial charge in [0.25, 0.3) is 0 Å². The fourth-order valence-electron chi connectivity index (χ4n) is 3.59. The zero-order valence-corrected chi connectivity index (χ0v) is 17.6. The zero-order valence-electron chi connectivity index (χ0n) is 16.0. The Kier molecular flexibility index (Phi) is 7.16. The van der Waals surface area contributed by atoms with Gasteiger partial charge in [0.1, 0.15) is 0 Å². The smallest absolute Gasteiger partial charge is 0.0716 e. The molecule has 0 spiro atoms. The summed E-state index contributed by atoms with van der Waals surface area (Å²) < 4.78 is 12.7. The van der Waals surface area contributed by atoms with Gasteiger partial charge in [0.15, 0.2) is 0 Å². The summed E-state index contributed by atoms with van der Waals surface area (Å²) in [5.74, 6) is 0. The quantitative estimate of drug-likeness (QED) is 0.446. The van der Waals surface area contributed by atoms with Crippen molar-refractivity contribution >= 4 is 27.3 Å². The summed E-state index contributed by atoms with van der Waals surface area (Å²) in [7, 11) is 0. The second-order valence-electron chi connectivity index (χ2n) is 7.39. The van der Waals surface area contributed by atoms with Crippen molar-refractivity contribution in [3.05, 3.63) is 58.1 Å². The molecule has 2 aromatic carbocycles. The van der Waals surface area contributed by atoms with E-state index in [1.54, 1.807) is 0 Å². The summed E-state index contributed by atoms with van der Waals surface area (Å²) in [4.78, 5) is 0. The fourth-order valence-corrected chi connectivity index (χ4v) is 3.92. The third kappa shape index (κ3) is 5.47. The largest absolute Gasteiger partial charge is 0.397 e. The molecule has 0 atom stereocenters. The predicted octanol–water partition coefficient (Wildman–Crippen LogP) is 5.16. The Morgan fingerprint density at radius 3 is 2.63 bits per heavy atom. The first kappa shape index (κ1) is 20.2. The van der Waals surface area contributed by atoms with Crippen LogP contribution in [-0.2, 0) is 16.1 Å². The predicted molar refractivity (Wildman–Crippen MR) is 115 cm³/mol. The molecule has 3 rings (SSSR count). The minimum Gasteiger partial charge on any atom is -0.397 e. The first-order chi connectivity index (χ1) is 13.1. The molecule has 5 heteroatoms. The molecule has 0 radical (unpaired) electrons. The molecule has 0 aliphatic carbocycles. The van der Waals surface area contributed by atoms with Crippen LogP contribution in [0.1, 0.15) is 30.4 Å². The van der Waals surface area contributed by atoms with Gasteiger partial charge in [0, 0.05) is 30.8 Å². The van der Waals surface area contributed by atoms with Gasteiger partial charge in [0.2, 0.25) is 0 Å². The average molecular weight is 433 g/mol. The molecule has 2 aromatic rings. The second-order valence-corrected chi connectivity index (χ2v) is 8.25. The van der Waals surface area contributed by atoms with Crippen LogP contribution >= 0.6 is 15.9 Å². The van der Waals surface area contributed by atoms with Crippen LogP contribution in [0.5, 0.6) is 0 Å². The van der Waals surface area contributed by atoms with Crippen LogP contribution in [-0.4, -0.2) is 26.4 Å². The van der Waals surface area contributed by atoms with Crippen LogP contribution in [0.4, 0.5) is 11.4 Å². The van der Waals surface area contributed by atoms with E-state index >= 15 is 0 Å². The van der Waals surface area contributed by atoms with Gasteiger partial charge in [-0.05, 0) is 54.9 Å². The lowest BCUT2D eigenvalue weighted by molar-refractivity contribution is -0.00220. The maximum Gasteiger partial charge on any atom is 0.0716 e. The van der Waals surface area contributed by atoms with Gasteiger partial charge in [-0.1, -0.05) is 46.3 Å². The third-order valence-corrected chi connectivity index (χ3v) is 6.37. The Morgan fingerprint density at radius 1 is 1.15 bits per heavy atom. The molecule has 0 aromatic heterocycles. The van der Waals surface area contributed by atoms with Crippen molar-refractivity contribution < 1.29 is 9.47 Å². The van der Waals surface area contributed by atoms with E-state index in [1.807, 2.05) is 30.3 Å². The number of rotatable bonds is 8. The van der Waals surface area contributed by atoms with Crippen LogP contribution in [0.25, 0.3) is 0 Å². The summed E-state index contributed by atoms with van der Waals surface area (Å²) in [6.07, 6.45) is 3.10. The highest BCUT2D eigenvalue weighted by molar-refractivity contribution is 9.10. The highest BCUT2D eigenvalue weighted by atomic mass is 79.9. The van der Waals surface area contributed by atoms with Gasteiger partial charge in [-0.2, -0.15) is 0 Å². The highest BCUT2D eigenvalue weighted by Crippen LogP contribution is 2.37. The Morgan fingerprint density at radius 2 is 1.89 bits per heavy atom. The second kappa shape index (κ2) is 9.58. The van der Waals surface area contributed by atoms with Gasteiger partial charge in [-0.15, -0.1) is 0 Å². The topological polar surface area (TPSA) is 56.5 Å². The molecule has 3 N–H and O–H groups in total. The van der Waals surface area contributed by atoms with E-state index in [4.69, 9.17) is 15.2 Å². The van der Waals surface area contributed by atoms with Crippen molar-refractivity contribution in [2.75, 3.05) is 37.4 Å². The summed E-state index contributed by atoms with van der Waals surface area (Å²) in [6.45, 7) is 6.01. The van der Waals surface area contributed by atoms with Crippen molar-refractivity contribution in [3.8, 4) is 0 Å². The molecule has 0 unspecified atom stereocenters. The molecule has 146 valence electrons. The molecular formula is C22H29BrN2O2. The molecular weight excluding hydrogens is 404 g/mol. The number of nitrogen functional groups attached to an aromatic ring is 1. The number of benzene rings is 2. The summed E-state index contributed by atoms with van der Waals surface area (Å²) in [6, 6.07) is 14.3. The van der Waals surface area contributed by atoms with E-state index in [0.717, 1.165) is 67.0 Å².